The van der Waals surface area contributed by atoms with E-state index in [1.165, 1.54) is 19.3 Å². The molecule has 3 aliphatic carbocycles. The van der Waals surface area contributed by atoms with Crippen LogP contribution in [0.15, 0.2) is 23.1 Å². The van der Waals surface area contributed by atoms with Gasteiger partial charge in [0.2, 0.25) is 0 Å². The Bertz CT molecular complexity index is 608. The summed E-state index contributed by atoms with van der Waals surface area (Å²) in [5.41, 5.74) is 1.92. The van der Waals surface area contributed by atoms with E-state index in [9.17, 15) is 0 Å². The Hall–Kier alpha value is -0.520. The van der Waals surface area contributed by atoms with Gasteiger partial charge >= 0.3 is 0 Å². The number of nitriles is 1. The van der Waals surface area contributed by atoms with E-state index in [1.54, 1.807) is 0 Å². The van der Waals surface area contributed by atoms with Crippen LogP contribution >= 0.6 is 31.6 Å². The lowest BCUT2D eigenvalue weighted by Crippen LogP contribution is -2.72. The number of hydrogen-bond acceptors (Lipinski definition) is 6. The summed E-state index contributed by atoms with van der Waals surface area (Å²) in [7, 11) is -1.65. The third-order valence-corrected chi connectivity index (χ3v) is 7.83. The second-order valence-electron chi connectivity index (χ2n) is 5.97. The molecule has 1 heterocycles. The summed E-state index contributed by atoms with van der Waals surface area (Å²) in [5.74, 6) is 0.938. The highest BCUT2D eigenvalue weighted by Crippen LogP contribution is 2.65. The normalized spacial score (nSPS) is 37.5. The van der Waals surface area contributed by atoms with Crippen LogP contribution in [0.25, 0.3) is 0 Å². The van der Waals surface area contributed by atoms with Crippen molar-refractivity contribution in [1.82, 2.24) is 10.0 Å². The molecule has 1 aromatic carbocycles. The molecule has 2 bridgehead atoms. The molecule has 3 saturated carbocycles. The molecule has 3 fully saturated rings. The molecule has 4 nitrogen and oxygen atoms in total. The fourth-order valence-electron chi connectivity index (χ4n) is 3.40. The number of anilines is 1. The number of fused-ring (bicyclic) bond motifs is 1. The van der Waals surface area contributed by atoms with Gasteiger partial charge in [-0.1, -0.05) is 8.28 Å². The van der Waals surface area contributed by atoms with Crippen LogP contribution in [0.5, 0.6) is 0 Å². The monoisotopic (exact) mass is 324 g/mol. The molecule has 1 aromatic rings. The van der Waals surface area contributed by atoms with Gasteiger partial charge in [-0.25, -0.2) is 4.72 Å². The lowest BCUT2D eigenvalue weighted by Gasteiger charge is -2.63. The standard InChI is InChI=1S/C13H16N4S3/c14-7-8-1-2-11-10(3-8)15-12(17-20(11,18)19)16-13-4-9(5-13)6-13/h1-3,9,12,15-19H,4-6H2. The van der Waals surface area contributed by atoms with E-state index in [0.29, 0.717) is 11.1 Å². The van der Waals surface area contributed by atoms with Crippen molar-refractivity contribution in [3.63, 3.8) is 0 Å². The Morgan fingerprint density at radius 3 is 2.70 bits per heavy atom. The molecule has 7 heteroatoms. The summed E-state index contributed by atoms with van der Waals surface area (Å²) in [6, 6.07) is 7.79. The van der Waals surface area contributed by atoms with E-state index in [1.807, 2.05) is 18.2 Å². The number of nitrogens with one attached hydrogen (secondary N) is 3. The maximum Gasteiger partial charge on any atom is 0.142 e. The predicted octanol–water partition coefficient (Wildman–Crippen LogP) is 2.77. The molecule has 4 aliphatic rings. The highest BCUT2D eigenvalue weighted by molar-refractivity contribution is 9.17. The van der Waals surface area contributed by atoms with E-state index in [-0.39, 0.29) is 6.29 Å². The molecule has 1 aliphatic heterocycles. The Balaban J connectivity index is 1.61. The maximum absolute atomic E-state index is 9.03. The molecule has 3 N–H and O–H groups in total. The van der Waals surface area contributed by atoms with Crippen LogP contribution in [0.1, 0.15) is 24.8 Å². The number of rotatable bonds is 2. The number of hydrogen-bond donors (Lipinski definition) is 5. The van der Waals surface area contributed by atoms with Gasteiger partial charge in [0.15, 0.2) is 0 Å². The lowest BCUT2D eigenvalue weighted by molar-refractivity contribution is -0.0574. The van der Waals surface area contributed by atoms with E-state index < -0.39 is 8.28 Å². The maximum atomic E-state index is 9.03. The fraction of sp³-hybridized carbons (Fsp3) is 0.462. The molecule has 0 saturated heterocycles. The third-order valence-electron chi connectivity index (χ3n) is 4.49. The van der Waals surface area contributed by atoms with Crippen molar-refractivity contribution < 1.29 is 0 Å². The number of nitrogens with zero attached hydrogens (tertiary/aromatic N) is 1. The highest BCUT2D eigenvalue weighted by atomic mass is 33.5. The lowest BCUT2D eigenvalue weighted by atomic mass is 9.50. The summed E-state index contributed by atoms with van der Waals surface area (Å²) < 4.78 is 3.44. The molecule has 0 spiro atoms. The number of benzene rings is 1. The minimum atomic E-state index is -1.65. The van der Waals surface area contributed by atoms with Crippen molar-refractivity contribution in [1.29, 1.82) is 5.26 Å². The van der Waals surface area contributed by atoms with Gasteiger partial charge in [0.25, 0.3) is 0 Å². The SMILES string of the molecule is N#Cc1ccc2c(c1)NC(NC13CC(C1)C3)NS2(S)S. The van der Waals surface area contributed by atoms with Gasteiger partial charge in [-0.3, -0.25) is 5.32 Å². The molecule has 0 amide bonds. The van der Waals surface area contributed by atoms with Crippen LogP contribution in [-0.4, -0.2) is 11.8 Å². The summed E-state index contributed by atoms with van der Waals surface area (Å²) in [5, 5.41) is 16.1. The van der Waals surface area contributed by atoms with Gasteiger partial charge < -0.3 is 5.32 Å². The Kier molecular flexibility index (Phi) is 2.79. The molecular weight excluding hydrogens is 308 g/mol. The summed E-state index contributed by atoms with van der Waals surface area (Å²) >= 11 is 9.41. The van der Waals surface area contributed by atoms with Crippen molar-refractivity contribution in [2.24, 2.45) is 5.92 Å². The predicted molar refractivity (Wildman–Crippen MR) is 88.7 cm³/mol. The number of thiol groups is 2. The zero-order valence-corrected chi connectivity index (χ0v) is 13.4. The summed E-state index contributed by atoms with van der Waals surface area (Å²) in [6.07, 6.45) is 3.79. The molecule has 0 radical (unpaired) electrons. The molecule has 1 atom stereocenters. The van der Waals surface area contributed by atoms with Gasteiger partial charge in [-0.2, -0.15) is 5.26 Å². The molecule has 1 unspecified atom stereocenters. The average Bonchev–Trinajstić information content (AvgIpc) is 2.31. The van der Waals surface area contributed by atoms with Gasteiger partial charge in [0.1, 0.15) is 6.29 Å². The average molecular weight is 324 g/mol. The van der Waals surface area contributed by atoms with Gasteiger partial charge in [0, 0.05) is 10.4 Å². The minimum absolute atomic E-state index is 0.0392. The zero-order chi connectivity index (χ0) is 14.0. The quantitative estimate of drug-likeness (QED) is 0.429. The van der Waals surface area contributed by atoms with Crippen LogP contribution in [0.4, 0.5) is 5.69 Å². The third kappa shape index (κ3) is 1.94. The zero-order valence-electron chi connectivity index (χ0n) is 10.8. The van der Waals surface area contributed by atoms with Crippen molar-refractivity contribution in [2.45, 2.75) is 36.0 Å². The molecule has 0 aromatic heterocycles. The van der Waals surface area contributed by atoms with E-state index >= 15 is 0 Å². The first-order valence-electron chi connectivity index (χ1n) is 6.64. The van der Waals surface area contributed by atoms with Crippen molar-refractivity contribution in [3.8, 4) is 6.07 Å². The fourth-order valence-corrected chi connectivity index (χ4v) is 6.24. The first-order chi connectivity index (χ1) is 9.50. The molecule has 106 valence electrons. The highest BCUT2D eigenvalue weighted by Gasteiger charge is 2.57. The first kappa shape index (κ1) is 13.2. The molecular formula is C13H16N4S3. The smallest absolute Gasteiger partial charge is 0.142 e. The van der Waals surface area contributed by atoms with Crippen LogP contribution < -0.4 is 15.4 Å². The van der Waals surface area contributed by atoms with Crippen LogP contribution in [0.2, 0.25) is 0 Å². The second kappa shape index (κ2) is 4.24. The molecule has 20 heavy (non-hydrogen) atoms. The first-order valence-corrected chi connectivity index (χ1v) is 10.4. The topological polar surface area (TPSA) is 59.9 Å². The molecule has 5 rings (SSSR count). The Labute approximate surface area is 129 Å². The van der Waals surface area contributed by atoms with Crippen LogP contribution in [-0.2, 0) is 0 Å². The van der Waals surface area contributed by atoms with E-state index in [4.69, 9.17) is 28.6 Å². The second-order valence-corrected chi connectivity index (χ2v) is 11.9. The van der Waals surface area contributed by atoms with Gasteiger partial charge in [-0.15, -0.1) is 23.3 Å². The minimum Gasteiger partial charge on any atom is -0.356 e. The summed E-state index contributed by atoms with van der Waals surface area (Å²) in [6.45, 7) is 0. The Morgan fingerprint density at radius 1 is 1.35 bits per heavy atom. The van der Waals surface area contributed by atoms with Crippen molar-refractivity contribution in [3.05, 3.63) is 23.8 Å². The van der Waals surface area contributed by atoms with Gasteiger partial charge in [0.05, 0.1) is 17.3 Å². The largest absolute Gasteiger partial charge is 0.356 e. The van der Waals surface area contributed by atoms with E-state index in [0.717, 1.165) is 16.5 Å². The van der Waals surface area contributed by atoms with Crippen molar-refractivity contribution in [2.75, 3.05) is 5.32 Å². The van der Waals surface area contributed by atoms with Crippen LogP contribution in [0.3, 0.4) is 0 Å². The Morgan fingerprint density at radius 2 is 2.10 bits per heavy atom. The summed E-state index contributed by atoms with van der Waals surface area (Å²) in [4.78, 5) is 1.03. The van der Waals surface area contributed by atoms with Gasteiger partial charge in [-0.05, 0) is 43.4 Å². The van der Waals surface area contributed by atoms with Crippen molar-refractivity contribution >= 4 is 37.3 Å². The van der Waals surface area contributed by atoms with E-state index in [2.05, 4.69) is 21.4 Å². The van der Waals surface area contributed by atoms with Crippen LogP contribution in [0, 0.1) is 17.2 Å².